The van der Waals surface area contributed by atoms with Crippen LogP contribution in [-0.2, 0) is 0 Å². The largest absolute Gasteiger partial charge is 0.493 e. The van der Waals surface area contributed by atoms with Gasteiger partial charge in [0.2, 0.25) is 0 Å². The highest BCUT2D eigenvalue weighted by Crippen LogP contribution is 2.40. The fraction of sp³-hybridized carbons (Fsp3) is 0.667. The number of hydrogen-bond acceptors (Lipinski definition) is 3. The molecule has 0 aliphatic heterocycles. The van der Waals surface area contributed by atoms with Crippen LogP contribution in [0.4, 0.5) is 0 Å². The standard InChI is InChI=1S/C18H29ClO3/c1-6-8-22-16-9-11(3)18(19)12(4)17(16)14(7-2)10-15(21)13(5)20/h9,13-15,20-21H,6-8,10H2,1-5H3. The average Bonchev–Trinajstić information content (AvgIpc) is 2.48. The first-order chi connectivity index (χ1) is 10.3. The monoisotopic (exact) mass is 328 g/mol. The molecule has 1 aromatic carbocycles. The van der Waals surface area contributed by atoms with Gasteiger partial charge in [-0.3, -0.25) is 0 Å². The number of aryl methyl sites for hydroxylation is 1. The molecule has 22 heavy (non-hydrogen) atoms. The van der Waals surface area contributed by atoms with E-state index in [1.807, 2.05) is 19.9 Å². The molecule has 0 amide bonds. The fourth-order valence-corrected chi connectivity index (χ4v) is 2.91. The molecule has 0 aliphatic carbocycles. The summed E-state index contributed by atoms with van der Waals surface area (Å²) in [5.74, 6) is 0.959. The lowest BCUT2D eigenvalue weighted by Crippen LogP contribution is -2.25. The van der Waals surface area contributed by atoms with Crippen LogP contribution < -0.4 is 4.74 Å². The summed E-state index contributed by atoms with van der Waals surface area (Å²) < 4.78 is 5.93. The summed E-state index contributed by atoms with van der Waals surface area (Å²) in [6.07, 6.45) is 0.801. The van der Waals surface area contributed by atoms with Crippen molar-refractivity contribution in [3.8, 4) is 5.75 Å². The Morgan fingerprint density at radius 2 is 1.86 bits per heavy atom. The van der Waals surface area contributed by atoms with Gasteiger partial charge in [-0.15, -0.1) is 0 Å². The normalized spacial score (nSPS) is 15.5. The van der Waals surface area contributed by atoms with E-state index in [4.69, 9.17) is 16.3 Å². The lowest BCUT2D eigenvalue weighted by molar-refractivity contribution is 0.0213. The molecule has 0 heterocycles. The first-order valence-electron chi connectivity index (χ1n) is 8.11. The molecule has 126 valence electrons. The van der Waals surface area contributed by atoms with Gasteiger partial charge in [0.05, 0.1) is 18.8 Å². The van der Waals surface area contributed by atoms with Gasteiger partial charge in [0, 0.05) is 10.6 Å². The molecular weight excluding hydrogens is 300 g/mol. The van der Waals surface area contributed by atoms with Crippen molar-refractivity contribution in [1.29, 1.82) is 0 Å². The van der Waals surface area contributed by atoms with Crippen molar-refractivity contribution in [3.63, 3.8) is 0 Å². The molecule has 1 rings (SSSR count). The van der Waals surface area contributed by atoms with Crippen LogP contribution in [0.3, 0.4) is 0 Å². The van der Waals surface area contributed by atoms with E-state index in [1.54, 1.807) is 6.92 Å². The van der Waals surface area contributed by atoms with E-state index in [1.165, 1.54) is 0 Å². The predicted molar refractivity (Wildman–Crippen MR) is 92.0 cm³/mol. The van der Waals surface area contributed by atoms with Crippen molar-refractivity contribution in [2.75, 3.05) is 6.61 Å². The van der Waals surface area contributed by atoms with Crippen LogP contribution in [0.5, 0.6) is 5.75 Å². The minimum atomic E-state index is -0.747. The third-order valence-corrected chi connectivity index (χ3v) is 4.72. The zero-order valence-corrected chi connectivity index (χ0v) is 15.1. The van der Waals surface area contributed by atoms with Gasteiger partial charge >= 0.3 is 0 Å². The van der Waals surface area contributed by atoms with E-state index in [0.29, 0.717) is 13.0 Å². The SMILES string of the molecule is CCCOc1cc(C)c(Cl)c(C)c1C(CC)CC(O)C(C)O. The molecule has 3 atom stereocenters. The second-order valence-corrected chi connectivity index (χ2v) is 6.42. The van der Waals surface area contributed by atoms with Crippen molar-refractivity contribution >= 4 is 11.6 Å². The van der Waals surface area contributed by atoms with E-state index < -0.39 is 12.2 Å². The molecule has 4 heteroatoms. The Balaban J connectivity index is 3.24. The van der Waals surface area contributed by atoms with Crippen molar-refractivity contribution in [2.45, 2.75) is 72.0 Å². The molecule has 3 nitrogen and oxygen atoms in total. The molecular formula is C18H29ClO3. The highest BCUT2D eigenvalue weighted by Gasteiger charge is 2.24. The lowest BCUT2D eigenvalue weighted by atomic mass is 9.85. The Hall–Kier alpha value is -0.770. The zero-order valence-electron chi connectivity index (χ0n) is 14.3. The summed E-state index contributed by atoms with van der Waals surface area (Å²) >= 11 is 6.42. The Labute approximate surface area is 139 Å². The number of ether oxygens (including phenoxy) is 1. The maximum absolute atomic E-state index is 10.0. The fourth-order valence-electron chi connectivity index (χ4n) is 2.75. The molecule has 1 aromatic rings. The first kappa shape index (κ1) is 19.3. The summed E-state index contributed by atoms with van der Waals surface area (Å²) in [5.41, 5.74) is 3.07. The van der Waals surface area contributed by atoms with Crippen LogP contribution in [0.25, 0.3) is 0 Å². The van der Waals surface area contributed by atoms with E-state index in [0.717, 1.165) is 40.3 Å². The maximum Gasteiger partial charge on any atom is 0.123 e. The second kappa shape index (κ2) is 8.76. The van der Waals surface area contributed by atoms with Gasteiger partial charge in [-0.1, -0.05) is 25.4 Å². The third-order valence-electron chi connectivity index (χ3n) is 4.14. The third kappa shape index (κ3) is 4.61. The highest BCUT2D eigenvalue weighted by molar-refractivity contribution is 6.32. The number of halogens is 1. The highest BCUT2D eigenvalue weighted by atomic mass is 35.5. The van der Waals surface area contributed by atoms with Crippen LogP contribution in [0.2, 0.25) is 5.02 Å². The Bertz CT molecular complexity index is 486. The molecule has 0 radical (unpaired) electrons. The van der Waals surface area contributed by atoms with Crippen molar-refractivity contribution in [2.24, 2.45) is 0 Å². The predicted octanol–water partition coefficient (Wildman–Crippen LogP) is 4.37. The molecule has 3 unspecified atom stereocenters. The zero-order chi connectivity index (χ0) is 16.9. The minimum absolute atomic E-state index is 0.106. The Kier molecular flexibility index (Phi) is 7.67. The van der Waals surface area contributed by atoms with Gasteiger partial charge in [-0.25, -0.2) is 0 Å². The van der Waals surface area contributed by atoms with Gasteiger partial charge in [0.25, 0.3) is 0 Å². The van der Waals surface area contributed by atoms with Crippen LogP contribution in [-0.4, -0.2) is 29.0 Å². The summed E-state index contributed by atoms with van der Waals surface area (Å²) in [6.45, 7) is 10.4. The van der Waals surface area contributed by atoms with Crippen LogP contribution in [0.1, 0.15) is 62.6 Å². The summed E-state index contributed by atoms with van der Waals surface area (Å²) in [6, 6.07) is 1.98. The van der Waals surface area contributed by atoms with Gasteiger partial charge in [-0.05, 0) is 63.1 Å². The molecule has 0 saturated carbocycles. The molecule has 0 bridgehead atoms. The lowest BCUT2D eigenvalue weighted by Gasteiger charge is -2.26. The van der Waals surface area contributed by atoms with Gasteiger partial charge in [0.1, 0.15) is 5.75 Å². The Morgan fingerprint density at radius 1 is 1.23 bits per heavy atom. The summed E-state index contributed by atoms with van der Waals surface area (Å²) in [4.78, 5) is 0. The number of aliphatic hydroxyl groups excluding tert-OH is 2. The smallest absolute Gasteiger partial charge is 0.123 e. The average molecular weight is 329 g/mol. The summed E-state index contributed by atoms with van der Waals surface area (Å²) in [5, 5.41) is 20.4. The van der Waals surface area contributed by atoms with Crippen LogP contribution >= 0.6 is 11.6 Å². The van der Waals surface area contributed by atoms with Gasteiger partial charge < -0.3 is 14.9 Å². The van der Waals surface area contributed by atoms with Crippen LogP contribution in [0, 0.1) is 13.8 Å². The topological polar surface area (TPSA) is 49.7 Å². The maximum atomic E-state index is 10.0. The first-order valence-corrected chi connectivity index (χ1v) is 8.49. The van der Waals surface area contributed by atoms with E-state index in [-0.39, 0.29) is 5.92 Å². The Morgan fingerprint density at radius 3 is 2.36 bits per heavy atom. The van der Waals surface area contributed by atoms with Gasteiger partial charge in [-0.2, -0.15) is 0 Å². The second-order valence-electron chi connectivity index (χ2n) is 6.04. The van der Waals surface area contributed by atoms with E-state index >= 15 is 0 Å². The quantitative estimate of drug-likeness (QED) is 0.745. The van der Waals surface area contributed by atoms with Crippen LogP contribution in [0.15, 0.2) is 6.07 Å². The minimum Gasteiger partial charge on any atom is -0.493 e. The molecule has 0 spiro atoms. The van der Waals surface area contributed by atoms with Crippen molar-refractivity contribution < 1.29 is 14.9 Å². The molecule has 0 aromatic heterocycles. The summed E-state index contributed by atoms with van der Waals surface area (Å²) in [7, 11) is 0. The number of hydrogen-bond donors (Lipinski definition) is 2. The number of rotatable bonds is 8. The molecule has 2 N–H and O–H groups in total. The van der Waals surface area contributed by atoms with Crippen molar-refractivity contribution in [3.05, 3.63) is 27.8 Å². The molecule has 0 aliphatic rings. The van der Waals surface area contributed by atoms with E-state index in [9.17, 15) is 10.2 Å². The number of aliphatic hydroxyl groups is 2. The van der Waals surface area contributed by atoms with Crippen molar-refractivity contribution in [1.82, 2.24) is 0 Å². The van der Waals surface area contributed by atoms with Gasteiger partial charge in [0.15, 0.2) is 0 Å². The number of benzene rings is 1. The molecule has 0 fully saturated rings. The van der Waals surface area contributed by atoms with E-state index in [2.05, 4.69) is 13.8 Å². The molecule has 0 saturated heterocycles.